The highest BCUT2D eigenvalue weighted by molar-refractivity contribution is 5.92. The Hall–Kier alpha value is -2.10. The van der Waals surface area contributed by atoms with Gasteiger partial charge in [0.25, 0.3) is 0 Å². The number of rotatable bonds is 5. The predicted molar refractivity (Wildman–Crippen MR) is 97.6 cm³/mol. The van der Waals surface area contributed by atoms with Crippen LogP contribution in [0.5, 0.6) is 0 Å². The van der Waals surface area contributed by atoms with E-state index in [9.17, 15) is 4.79 Å². The molecular formula is C20H27N3O. The molecule has 128 valence electrons. The summed E-state index contributed by atoms with van der Waals surface area (Å²) in [5.41, 5.74) is 4.94. The summed E-state index contributed by atoms with van der Waals surface area (Å²) in [5, 5.41) is 7.68. The standard InChI is InChI=1S/C20H27N3O/c1-14-8-11-18(12-9-14)23-16(3)20(15(2)22-23)21-19(24)13-10-17-6-4-5-7-17/h8-9,11-12,17H,4-7,10,13H2,1-3H3,(H,21,24). The zero-order valence-electron chi connectivity index (χ0n) is 14.9. The molecule has 0 radical (unpaired) electrons. The molecule has 1 saturated carbocycles. The average molecular weight is 325 g/mol. The van der Waals surface area contributed by atoms with Crippen molar-refractivity contribution in [2.45, 2.75) is 59.3 Å². The van der Waals surface area contributed by atoms with E-state index in [1.165, 1.54) is 31.2 Å². The van der Waals surface area contributed by atoms with E-state index in [4.69, 9.17) is 0 Å². The molecule has 1 aliphatic carbocycles. The summed E-state index contributed by atoms with van der Waals surface area (Å²) in [6, 6.07) is 8.26. The number of hydrogen-bond acceptors (Lipinski definition) is 2. The largest absolute Gasteiger partial charge is 0.323 e. The zero-order valence-corrected chi connectivity index (χ0v) is 14.9. The highest BCUT2D eigenvalue weighted by Crippen LogP contribution is 2.29. The first-order chi connectivity index (χ1) is 11.5. The van der Waals surface area contributed by atoms with E-state index in [1.807, 2.05) is 18.5 Å². The lowest BCUT2D eigenvalue weighted by Gasteiger charge is -2.10. The fourth-order valence-electron chi connectivity index (χ4n) is 3.60. The topological polar surface area (TPSA) is 46.9 Å². The normalized spacial score (nSPS) is 15.0. The second-order valence-corrected chi connectivity index (χ2v) is 7.03. The van der Waals surface area contributed by atoms with Gasteiger partial charge < -0.3 is 5.32 Å². The average Bonchev–Trinajstić information content (AvgIpc) is 3.17. The lowest BCUT2D eigenvalue weighted by Crippen LogP contribution is -2.14. The lowest BCUT2D eigenvalue weighted by molar-refractivity contribution is -0.116. The third-order valence-electron chi connectivity index (χ3n) is 5.09. The lowest BCUT2D eigenvalue weighted by atomic mass is 10.0. The van der Waals surface area contributed by atoms with Gasteiger partial charge in [0.1, 0.15) is 0 Å². The number of amides is 1. The molecule has 4 heteroatoms. The van der Waals surface area contributed by atoms with Gasteiger partial charge in [-0.2, -0.15) is 5.10 Å². The molecule has 0 bridgehead atoms. The smallest absolute Gasteiger partial charge is 0.224 e. The predicted octanol–water partition coefficient (Wildman–Crippen LogP) is 4.71. The molecule has 1 N–H and O–H groups in total. The SMILES string of the molecule is Cc1ccc(-n2nc(C)c(NC(=O)CCC3CCCC3)c2C)cc1. The molecule has 1 heterocycles. The maximum absolute atomic E-state index is 12.3. The van der Waals surface area contributed by atoms with Gasteiger partial charge in [-0.1, -0.05) is 43.4 Å². The van der Waals surface area contributed by atoms with Crippen LogP contribution in [0.25, 0.3) is 5.69 Å². The third kappa shape index (κ3) is 3.69. The summed E-state index contributed by atoms with van der Waals surface area (Å²) in [5.74, 6) is 0.852. The van der Waals surface area contributed by atoms with Crippen molar-refractivity contribution < 1.29 is 4.79 Å². The third-order valence-corrected chi connectivity index (χ3v) is 5.09. The molecule has 1 fully saturated rings. The minimum Gasteiger partial charge on any atom is -0.323 e. The van der Waals surface area contributed by atoms with Crippen molar-refractivity contribution in [1.82, 2.24) is 9.78 Å². The molecule has 24 heavy (non-hydrogen) atoms. The second kappa shape index (κ2) is 7.20. The summed E-state index contributed by atoms with van der Waals surface area (Å²) in [7, 11) is 0. The summed E-state index contributed by atoms with van der Waals surface area (Å²) in [6.45, 7) is 6.03. The zero-order chi connectivity index (χ0) is 17.1. The number of aryl methyl sites for hydroxylation is 2. The molecule has 4 nitrogen and oxygen atoms in total. The maximum Gasteiger partial charge on any atom is 0.224 e. The van der Waals surface area contributed by atoms with Crippen LogP contribution >= 0.6 is 0 Å². The molecule has 1 aromatic carbocycles. The van der Waals surface area contributed by atoms with Crippen molar-refractivity contribution in [3.8, 4) is 5.69 Å². The molecular weight excluding hydrogens is 298 g/mol. The van der Waals surface area contributed by atoms with Crippen molar-refractivity contribution in [3.05, 3.63) is 41.2 Å². The van der Waals surface area contributed by atoms with Gasteiger partial charge in [0.2, 0.25) is 5.91 Å². The number of hydrogen-bond donors (Lipinski definition) is 1. The number of aromatic nitrogens is 2. The summed E-state index contributed by atoms with van der Waals surface area (Å²) in [4.78, 5) is 12.3. The second-order valence-electron chi connectivity index (χ2n) is 7.03. The quantitative estimate of drug-likeness (QED) is 0.865. The number of nitrogens with one attached hydrogen (secondary N) is 1. The molecule has 1 aliphatic rings. The van der Waals surface area contributed by atoms with Gasteiger partial charge in [-0.3, -0.25) is 4.79 Å². The first kappa shape index (κ1) is 16.7. The van der Waals surface area contributed by atoms with E-state index in [-0.39, 0.29) is 5.91 Å². The molecule has 1 aromatic heterocycles. The highest BCUT2D eigenvalue weighted by atomic mass is 16.1. The van der Waals surface area contributed by atoms with Crippen molar-refractivity contribution in [2.24, 2.45) is 5.92 Å². The fraction of sp³-hybridized carbons (Fsp3) is 0.500. The van der Waals surface area contributed by atoms with Crippen LogP contribution in [-0.2, 0) is 4.79 Å². The van der Waals surface area contributed by atoms with Crippen LogP contribution in [0.1, 0.15) is 55.5 Å². The minimum absolute atomic E-state index is 0.108. The summed E-state index contributed by atoms with van der Waals surface area (Å²) >= 11 is 0. The Morgan fingerprint density at radius 1 is 1.17 bits per heavy atom. The van der Waals surface area contributed by atoms with Crippen molar-refractivity contribution in [1.29, 1.82) is 0 Å². The van der Waals surface area contributed by atoms with E-state index in [2.05, 4.69) is 41.6 Å². The number of carbonyl (C=O) groups excluding carboxylic acids is 1. The van der Waals surface area contributed by atoms with Crippen LogP contribution in [0.2, 0.25) is 0 Å². The highest BCUT2D eigenvalue weighted by Gasteiger charge is 2.18. The Balaban J connectivity index is 1.69. The van der Waals surface area contributed by atoms with Gasteiger partial charge >= 0.3 is 0 Å². The minimum atomic E-state index is 0.108. The molecule has 2 aromatic rings. The number of benzene rings is 1. The van der Waals surface area contributed by atoms with Crippen LogP contribution < -0.4 is 5.32 Å². The Kier molecular flexibility index (Phi) is 5.03. The maximum atomic E-state index is 12.3. The van der Waals surface area contributed by atoms with Crippen molar-refractivity contribution in [3.63, 3.8) is 0 Å². The summed E-state index contributed by atoms with van der Waals surface area (Å²) in [6.07, 6.45) is 6.85. The molecule has 3 rings (SSSR count). The Morgan fingerprint density at radius 3 is 2.50 bits per heavy atom. The molecule has 0 spiro atoms. The van der Waals surface area contributed by atoms with Crippen LogP contribution in [-0.4, -0.2) is 15.7 Å². The van der Waals surface area contributed by atoms with Gasteiger partial charge in [0.15, 0.2) is 0 Å². The van der Waals surface area contributed by atoms with E-state index in [0.29, 0.717) is 6.42 Å². The molecule has 0 unspecified atom stereocenters. The Bertz CT molecular complexity index is 709. The van der Waals surface area contributed by atoms with Gasteiger partial charge in [0, 0.05) is 6.42 Å². The van der Waals surface area contributed by atoms with E-state index in [0.717, 1.165) is 35.1 Å². The summed E-state index contributed by atoms with van der Waals surface area (Å²) < 4.78 is 1.90. The number of anilines is 1. The first-order valence-corrected chi connectivity index (χ1v) is 8.97. The van der Waals surface area contributed by atoms with Gasteiger partial charge in [-0.15, -0.1) is 0 Å². The molecule has 0 saturated heterocycles. The molecule has 1 amide bonds. The van der Waals surface area contributed by atoms with Crippen LogP contribution in [0.3, 0.4) is 0 Å². The van der Waals surface area contributed by atoms with E-state index in [1.54, 1.807) is 0 Å². The van der Waals surface area contributed by atoms with Gasteiger partial charge in [-0.05, 0) is 45.2 Å². The van der Waals surface area contributed by atoms with Crippen LogP contribution in [0, 0.1) is 26.7 Å². The van der Waals surface area contributed by atoms with Crippen LogP contribution in [0.4, 0.5) is 5.69 Å². The van der Waals surface area contributed by atoms with E-state index >= 15 is 0 Å². The van der Waals surface area contributed by atoms with E-state index < -0.39 is 0 Å². The molecule has 0 aliphatic heterocycles. The first-order valence-electron chi connectivity index (χ1n) is 8.97. The monoisotopic (exact) mass is 325 g/mol. The van der Waals surface area contributed by atoms with Crippen LogP contribution in [0.15, 0.2) is 24.3 Å². The molecule has 0 atom stereocenters. The number of carbonyl (C=O) groups is 1. The Labute approximate surface area is 144 Å². The fourth-order valence-corrected chi connectivity index (χ4v) is 3.60. The number of nitrogens with zero attached hydrogens (tertiary/aromatic N) is 2. The van der Waals surface area contributed by atoms with Gasteiger partial charge in [0.05, 0.1) is 22.8 Å². The Morgan fingerprint density at radius 2 is 1.83 bits per heavy atom. The van der Waals surface area contributed by atoms with Crippen molar-refractivity contribution in [2.75, 3.05) is 5.32 Å². The van der Waals surface area contributed by atoms with Gasteiger partial charge in [-0.25, -0.2) is 4.68 Å². The van der Waals surface area contributed by atoms with Crippen molar-refractivity contribution >= 4 is 11.6 Å².